The van der Waals surface area contributed by atoms with Crippen molar-refractivity contribution >= 4 is 17.3 Å². The molecule has 74 valence electrons. The number of thiazole rings is 1. The van der Waals surface area contributed by atoms with Crippen molar-refractivity contribution in [3.63, 3.8) is 0 Å². The number of hydrogen-bond acceptors (Lipinski definition) is 5. The van der Waals surface area contributed by atoms with Gasteiger partial charge in [0.1, 0.15) is 5.92 Å². The van der Waals surface area contributed by atoms with E-state index in [-0.39, 0.29) is 0 Å². The van der Waals surface area contributed by atoms with Crippen LogP contribution in [0.1, 0.15) is 11.9 Å². The monoisotopic (exact) mass is 210 g/mol. The Bertz CT molecular complexity index is 329. The summed E-state index contributed by atoms with van der Waals surface area (Å²) in [7, 11) is 0. The van der Waals surface area contributed by atoms with Gasteiger partial charge >= 0.3 is 5.97 Å². The normalized spacial score (nSPS) is 11.7. The molecule has 0 saturated carbocycles. The van der Waals surface area contributed by atoms with Crippen molar-refractivity contribution in [3.8, 4) is 6.07 Å². The largest absolute Gasteiger partial charge is 0.465 e. The van der Waals surface area contributed by atoms with Crippen LogP contribution in [0.2, 0.25) is 0 Å². The Kier molecular flexibility index (Phi) is 4.08. The van der Waals surface area contributed by atoms with Crippen LogP contribution in [0.15, 0.2) is 11.6 Å². The summed E-state index contributed by atoms with van der Waals surface area (Å²) in [5.74, 6) is -1.20. The fourth-order valence-corrected chi connectivity index (χ4v) is 1.62. The molecule has 0 bridgehead atoms. The quantitative estimate of drug-likeness (QED) is 0.704. The molecule has 0 amide bonds. The van der Waals surface area contributed by atoms with Crippen molar-refractivity contribution in [3.05, 3.63) is 16.6 Å². The van der Waals surface area contributed by atoms with E-state index in [4.69, 9.17) is 10.00 Å². The molecular formula is C9H10N2O2S. The zero-order valence-corrected chi connectivity index (χ0v) is 8.58. The summed E-state index contributed by atoms with van der Waals surface area (Å²) in [6.45, 7) is 2.02. The fourth-order valence-electron chi connectivity index (χ4n) is 0.953. The second-order valence-electron chi connectivity index (χ2n) is 2.56. The first-order chi connectivity index (χ1) is 6.77. The summed E-state index contributed by atoms with van der Waals surface area (Å²) in [5.41, 5.74) is 0. The van der Waals surface area contributed by atoms with Gasteiger partial charge in [-0.25, -0.2) is 4.98 Å². The van der Waals surface area contributed by atoms with Gasteiger partial charge in [0.25, 0.3) is 0 Å². The lowest BCUT2D eigenvalue weighted by Crippen LogP contribution is -2.18. The molecule has 0 aliphatic carbocycles. The summed E-state index contributed by atoms with van der Waals surface area (Å²) in [5, 5.41) is 11.3. The molecule has 14 heavy (non-hydrogen) atoms. The Morgan fingerprint density at radius 2 is 2.64 bits per heavy atom. The van der Waals surface area contributed by atoms with Gasteiger partial charge in [-0.1, -0.05) is 0 Å². The van der Waals surface area contributed by atoms with Crippen molar-refractivity contribution in [2.75, 3.05) is 6.61 Å². The summed E-state index contributed by atoms with van der Waals surface area (Å²) in [6, 6.07) is 1.92. The molecule has 0 aliphatic rings. The standard InChI is InChI=1S/C9H10N2O2S/c1-2-13-9(12)7(6-10)5-8-11-3-4-14-8/h3-4,7H,2,5H2,1H3. The van der Waals surface area contributed by atoms with Gasteiger partial charge in [-0.05, 0) is 6.92 Å². The van der Waals surface area contributed by atoms with Crippen LogP contribution in [0.5, 0.6) is 0 Å². The molecule has 1 aromatic heterocycles. The number of carbonyl (C=O) groups excluding carboxylic acids is 1. The number of rotatable bonds is 4. The number of aromatic nitrogens is 1. The highest BCUT2D eigenvalue weighted by Crippen LogP contribution is 2.12. The van der Waals surface area contributed by atoms with Crippen molar-refractivity contribution in [2.24, 2.45) is 5.92 Å². The first kappa shape index (κ1) is 10.7. The molecule has 1 heterocycles. The van der Waals surface area contributed by atoms with Crippen molar-refractivity contribution in [2.45, 2.75) is 13.3 Å². The number of esters is 1. The van der Waals surface area contributed by atoms with E-state index in [1.807, 2.05) is 11.4 Å². The van der Waals surface area contributed by atoms with Gasteiger partial charge in [0.15, 0.2) is 0 Å². The van der Waals surface area contributed by atoms with Crippen molar-refractivity contribution in [1.29, 1.82) is 5.26 Å². The predicted octanol–water partition coefficient (Wildman–Crippen LogP) is 1.39. The maximum atomic E-state index is 11.2. The second-order valence-corrected chi connectivity index (χ2v) is 3.54. The van der Waals surface area contributed by atoms with Crippen LogP contribution in [0.25, 0.3) is 0 Å². The van der Waals surface area contributed by atoms with Crippen LogP contribution in [0, 0.1) is 17.2 Å². The minimum atomic E-state index is -0.735. The van der Waals surface area contributed by atoms with E-state index in [0.717, 1.165) is 5.01 Å². The number of ether oxygens (including phenoxy) is 1. The van der Waals surface area contributed by atoms with Crippen LogP contribution in [0.3, 0.4) is 0 Å². The van der Waals surface area contributed by atoms with E-state index in [1.165, 1.54) is 11.3 Å². The average molecular weight is 210 g/mol. The molecule has 0 radical (unpaired) electrons. The van der Waals surface area contributed by atoms with Crippen molar-refractivity contribution in [1.82, 2.24) is 4.98 Å². The highest BCUT2D eigenvalue weighted by molar-refractivity contribution is 7.09. The number of carbonyl (C=O) groups is 1. The van der Waals surface area contributed by atoms with E-state index in [2.05, 4.69) is 4.98 Å². The molecule has 0 saturated heterocycles. The molecule has 0 fully saturated rings. The Labute approximate surface area is 86.1 Å². The lowest BCUT2D eigenvalue weighted by Gasteiger charge is -2.05. The van der Waals surface area contributed by atoms with E-state index in [0.29, 0.717) is 13.0 Å². The molecule has 1 unspecified atom stereocenters. The van der Waals surface area contributed by atoms with Crippen LogP contribution in [-0.4, -0.2) is 17.6 Å². The topological polar surface area (TPSA) is 63.0 Å². The summed E-state index contributed by atoms with van der Waals surface area (Å²) >= 11 is 1.43. The van der Waals surface area contributed by atoms with Gasteiger partial charge in [-0.2, -0.15) is 5.26 Å². The highest BCUT2D eigenvalue weighted by atomic mass is 32.1. The predicted molar refractivity (Wildman–Crippen MR) is 51.6 cm³/mol. The second kappa shape index (κ2) is 5.35. The van der Waals surface area contributed by atoms with Crippen LogP contribution < -0.4 is 0 Å². The van der Waals surface area contributed by atoms with Gasteiger partial charge in [0, 0.05) is 18.0 Å². The molecule has 0 aliphatic heterocycles. The van der Waals surface area contributed by atoms with Crippen molar-refractivity contribution < 1.29 is 9.53 Å². The SMILES string of the molecule is CCOC(=O)C(C#N)Cc1nccs1. The molecule has 1 aromatic rings. The van der Waals surface area contributed by atoms with Gasteiger partial charge in [-0.3, -0.25) is 4.79 Å². The first-order valence-corrected chi connectivity index (χ1v) is 5.10. The Morgan fingerprint density at radius 3 is 3.14 bits per heavy atom. The van der Waals surface area contributed by atoms with Gasteiger partial charge in [-0.15, -0.1) is 11.3 Å². The van der Waals surface area contributed by atoms with Gasteiger partial charge in [0.2, 0.25) is 0 Å². The molecule has 0 N–H and O–H groups in total. The summed E-state index contributed by atoms with van der Waals surface area (Å²) in [4.78, 5) is 15.2. The van der Waals surface area contributed by atoms with E-state index in [1.54, 1.807) is 13.1 Å². The Morgan fingerprint density at radius 1 is 1.86 bits per heavy atom. The molecule has 0 aromatic carbocycles. The maximum Gasteiger partial charge on any atom is 0.323 e. The van der Waals surface area contributed by atoms with Crippen LogP contribution in [-0.2, 0) is 16.0 Å². The fraction of sp³-hybridized carbons (Fsp3) is 0.444. The third-order valence-electron chi connectivity index (χ3n) is 1.59. The first-order valence-electron chi connectivity index (χ1n) is 4.22. The third kappa shape index (κ3) is 2.82. The minimum absolute atomic E-state index is 0.300. The molecule has 1 atom stereocenters. The molecule has 0 spiro atoms. The van der Waals surface area contributed by atoms with Gasteiger partial charge in [0.05, 0.1) is 17.7 Å². The number of nitriles is 1. The average Bonchev–Trinajstić information content (AvgIpc) is 2.66. The lowest BCUT2D eigenvalue weighted by atomic mass is 10.1. The zero-order valence-electron chi connectivity index (χ0n) is 7.77. The maximum absolute atomic E-state index is 11.2. The molecular weight excluding hydrogens is 200 g/mol. The van der Waals surface area contributed by atoms with E-state index < -0.39 is 11.9 Å². The van der Waals surface area contributed by atoms with E-state index >= 15 is 0 Å². The lowest BCUT2D eigenvalue weighted by molar-refractivity contribution is -0.145. The highest BCUT2D eigenvalue weighted by Gasteiger charge is 2.20. The van der Waals surface area contributed by atoms with Crippen LogP contribution in [0.4, 0.5) is 0 Å². The smallest absolute Gasteiger partial charge is 0.323 e. The van der Waals surface area contributed by atoms with E-state index in [9.17, 15) is 4.79 Å². The number of hydrogen-bond donors (Lipinski definition) is 0. The van der Waals surface area contributed by atoms with Crippen LogP contribution >= 0.6 is 11.3 Å². The Hall–Kier alpha value is -1.41. The summed E-state index contributed by atoms with van der Waals surface area (Å²) < 4.78 is 4.76. The Balaban J connectivity index is 2.56. The number of nitrogens with zero attached hydrogens (tertiary/aromatic N) is 2. The zero-order chi connectivity index (χ0) is 10.4. The summed E-state index contributed by atoms with van der Waals surface area (Å²) in [6.07, 6.45) is 1.99. The third-order valence-corrected chi connectivity index (χ3v) is 2.39. The van der Waals surface area contributed by atoms with Gasteiger partial charge < -0.3 is 4.74 Å². The molecule has 4 nitrogen and oxygen atoms in total. The molecule has 1 rings (SSSR count). The minimum Gasteiger partial charge on any atom is -0.465 e. The molecule has 5 heteroatoms.